The highest BCUT2D eigenvalue weighted by atomic mass is 79.9. The van der Waals surface area contributed by atoms with E-state index in [2.05, 4.69) is 26.3 Å². The number of hydrogen-bond donors (Lipinski definition) is 1. The molecule has 2 heterocycles. The fourth-order valence-corrected chi connectivity index (χ4v) is 3.40. The summed E-state index contributed by atoms with van der Waals surface area (Å²) in [7, 11) is 0. The molecule has 0 aliphatic carbocycles. The summed E-state index contributed by atoms with van der Waals surface area (Å²) in [6.45, 7) is 5.19. The molecule has 2 aromatic rings. The molecule has 1 saturated heterocycles. The number of ether oxygens (including phenoxy) is 1. The molecule has 7 heteroatoms. The zero-order valence-electron chi connectivity index (χ0n) is 14.4. The molecule has 0 bridgehead atoms. The number of fused-ring (bicyclic) bond motifs is 1. The highest BCUT2D eigenvalue weighted by Crippen LogP contribution is 2.24. The number of aromatic nitrogens is 2. The third-order valence-electron chi connectivity index (χ3n) is 4.34. The van der Waals surface area contributed by atoms with Gasteiger partial charge in [0.1, 0.15) is 6.54 Å². The molecule has 1 aromatic carbocycles. The summed E-state index contributed by atoms with van der Waals surface area (Å²) in [5.41, 5.74) is 0.557. The maximum atomic E-state index is 12.7. The Kier molecular flexibility index (Phi) is 5.54. The van der Waals surface area contributed by atoms with Gasteiger partial charge in [0.2, 0.25) is 5.91 Å². The number of carbonyl (C=O) groups excluding carboxylic acids is 1. The molecule has 0 spiro atoms. The topological polar surface area (TPSA) is 73.2 Å². The Hall–Kier alpha value is -1.73. The molecule has 1 N–H and O–H groups in total. The van der Waals surface area contributed by atoms with E-state index in [9.17, 15) is 9.59 Å². The molecule has 3 rings (SSSR count). The second-order valence-corrected chi connectivity index (χ2v) is 7.55. The van der Waals surface area contributed by atoms with Crippen LogP contribution in [-0.4, -0.2) is 34.9 Å². The average molecular weight is 408 g/mol. The normalized spacial score (nSPS) is 17.4. The minimum atomic E-state index is -0.251. The molecule has 1 unspecified atom stereocenters. The van der Waals surface area contributed by atoms with Crippen molar-refractivity contribution in [1.29, 1.82) is 0 Å². The van der Waals surface area contributed by atoms with E-state index in [0.717, 1.165) is 35.0 Å². The minimum Gasteiger partial charge on any atom is -0.376 e. The highest BCUT2D eigenvalue weighted by Gasteiger charge is 2.18. The molecule has 1 fully saturated rings. The van der Waals surface area contributed by atoms with Gasteiger partial charge in [0, 0.05) is 23.0 Å². The summed E-state index contributed by atoms with van der Waals surface area (Å²) < 4.78 is 7.65. The van der Waals surface area contributed by atoms with E-state index in [1.54, 1.807) is 6.07 Å². The van der Waals surface area contributed by atoms with E-state index < -0.39 is 0 Å². The lowest BCUT2D eigenvalue weighted by molar-refractivity contribution is -0.122. The van der Waals surface area contributed by atoms with Crippen molar-refractivity contribution < 1.29 is 9.53 Å². The zero-order chi connectivity index (χ0) is 18.0. The smallest absolute Gasteiger partial charge is 0.275 e. The maximum absolute atomic E-state index is 12.7. The standard InChI is InChI=1S/C18H22BrN3O3/c1-11(2)17-15-8-12(19)5-6-14(15)18(24)22(21-17)10-16(23)20-9-13-4-3-7-25-13/h5-6,8,11,13H,3-4,7,9-10H2,1-2H3,(H,20,23). The third-order valence-corrected chi connectivity index (χ3v) is 4.84. The molecule has 6 nitrogen and oxygen atoms in total. The number of carbonyl (C=O) groups is 1. The van der Waals surface area contributed by atoms with E-state index in [0.29, 0.717) is 11.9 Å². The monoisotopic (exact) mass is 407 g/mol. The second kappa shape index (κ2) is 7.66. The molecule has 1 aliphatic heterocycles. The van der Waals surface area contributed by atoms with E-state index in [1.165, 1.54) is 4.68 Å². The van der Waals surface area contributed by atoms with Crippen LogP contribution >= 0.6 is 15.9 Å². The highest BCUT2D eigenvalue weighted by molar-refractivity contribution is 9.10. The first kappa shape index (κ1) is 18.1. The molecule has 0 saturated carbocycles. The maximum Gasteiger partial charge on any atom is 0.275 e. The van der Waals surface area contributed by atoms with Crippen LogP contribution < -0.4 is 10.9 Å². The fourth-order valence-electron chi connectivity index (χ4n) is 3.04. The number of benzene rings is 1. The average Bonchev–Trinajstić information content (AvgIpc) is 3.08. The Bertz CT molecular complexity index is 841. The number of nitrogens with one attached hydrogen (secondary N) is 1. The van der Waals surface area contributed by atoms with Gasteiger partial charge < -0.3 is 10.1 Å². The van der Waals surface area contributed by atoms with Crippen LogP contribution in [0.3, 0.4) is 0 Å². The van der Waals surface area contributed by atoms with Gasteiger partial charge in [0.05, 0.1) is 17.2 Å². The van der Waals surface area contributed by atoms with Crippen molar-refractivity contribution in [2.45, 2.75) is 45.3 Å². The van der Waals surface area contributed by atoms with Crippen molar-refractivity contribution >= 4 is 32.6 Å². The van der Waals surface area contributed by atoms with Crippen LogP contribution in [0.15, 0.2) is 27.5 Å². The van der Waals surface area contributed by atoms with Crippen LogP contribution in [0.25, 0.3) is 10.8 Å². The van der Waals surface area contributed by atoms with E-state index in [4.69, 9.17) is 4.74 Å². The lowest BCUT2D eigenvalue weighted by atomic mass is 10.0. The Balaban J connectivity index is 1.85. The molecule has 1 atom stereocenters. The van der Waals surface area contributed by atoms with Crippen LogP contribution in [0, 0.1) is 0 Å². The van der Waals surface area contributed by atoms with Crippen LogP contribution in [-0.2, 0) is 16.1 Å². The number of amides is 1. The SMILES string of the molecule is CC(C)c1nn(CC(=O)NCC2CCCO2)c(=O)c2ccc(Br)cc12. The molecule has 0 radical (unpaired) electrons. The van der Waals surface area contributed by atoms with Crippen molar-refractivity contribution in [2.75, 3.05) is 13.2 Å². The largest absolute Gasteiger partial charge is 0.376 e. The summed E-state index contributed by atoms with van der Waals surface area (Å²) in [6.07, 6.45) is 2.06. The predicted molar refractivity (Wildman–Crippen MR) is 99.8 cm³/mol. The van der Waals surface area contributed by atoms with Gasteiger partial charge in [0.15, 0.2) is 0 Å². The van der Waals surface area contributed by atoms with Gasteiger partial charge in [-0.15, -0.1) is 0 Å². The Morgan fingerprint density at radius 2 is 2.24 bits per heavy atom. The van der Waals surface area contributed by atoms with Crippen LogP contribution in [0.2, 0.25) is 0 Å². The van der Waals surface area contributed by atoms with Crippen molar-refractivity contribution in [3.63, 3.8) is 0 Å². The summed E-state index contributed by atoms with van der Waals surface area (Å²) in [5, 5.41) is 8.69. The first-order valence-corrected chi connectivity index (χ1v) is 9.33. The predicted octanol–water partition coefficient (Wildman–Crippen LogP) is 2.58. The first-order chi connectivity index (χ1) is 12.0. The Morgan fingerprint density at radius 1 is 1.44 bits per heavy atom. The molecule has 25 heavy (non-hydrogen) atoms. The van der Waals surface area contributed by atoms with Crippen molar-refractivity contribution in [3.05, 3.63) is 38.7 Å². The summed E-state index contributed by atoms with van der Waals surface area (Å²) >= 11 is 3.44. The number of nitrogens with zero attached hydrogens (tertiary/aromatic N) is 2. The van der Waals surface area contributed by atoms with E-state index in [1.807, 2.05) is 26.0 Å². The second-order valence-electron chi connectivity index (χ2n) is 6.63. The summed E-state index contributed by atoms with van der Waals surface area (Å²) in [5.74, 6) is -0.0881. The van der Waals surface area contributed by atoms with Gasteiger partial charge in [-0.3, -0.25) is 9.59 Å². The molecule has 134 valence electrons. The first-order valence-electron chi connectivity index (χ1n) is 8.54. The molecule has 1 amide bonds. The van der Waals surface area contributed by atoms with Gasteiger partial charge >= 0.3 is 0 Å². The van der Waals surface area contributed by atoms with Crippen LogP contribution in [0.1, 0.15) is 38.3 Å². The van der Waals surface area contributed by atoms with E-state index >= 15 is 0 Å². The van der Waals surface area contributed by atoms with E-state index in [-0.39, 0.29) is 30.0 Å². The molecule has 1 aliphatic rings. The lowest BCUT2D eigenvalue weighted by Gasteiger charge is -2.14. The Morgan fingerprint density at radius 3 is 2.92 bits per heavy atom. The van der Waals surface area contributed by atoms with Crippen molar-refractivity contribution in [2.24, 2.45) is 0 Å². The van der Waals surface area contributed by atoms with Gasteiger partial charge in [-0.1, -0.05) is 29.8 Å². The lowest BCUT2D eigenvalue weighted by Crippen LogP contribution is -2.37. The third kappa shape index (κ3) is 4.10. The van der Waals surface area contributed by atoms with Gasteiger partial charge in [-0.25, -0.2) is 4.68 Å². The number of hydrogen-bond acceptors (Lipinski definition) is 4. The number of halogens is 1. The van der Waals surface area contributed by atoms with Crippen LogP contribution in [0.5, 0.6) is 0 Å². The zero-order valence-corrected chi connectivity index (χ0v) is 16.0. The van der Waals surface area contributed by atoms with Gasteiger partial charge in [-0.2, -0.15) is 5.10 Å². The van der Waals surface area contributed by atoms with Gasteiger partial charge in [0.25, 0.3) is 5.56 Å². The van der Waals surface area contributed by atoms with Gasteiger partial charge in [-0.05, 0) is 37.0 Å². The molecular weight excluding hydrogens is 386 g/mol. The molecule has 1 aromatic heterocycles. The number of rotatable bonds is 5. The Labute approximate surface area is 154 Å². The van der Waals surface area contributed by atoms with Crippen molar-refractivity contribution in [3.8, 4) is 0 Å². The summed E-state index contributed by atoms with van der Waals surface area (Å²) in [6, 6.07) is 5.51. The summed E-state index contributed by atoms with van der Waals surface area (Å²) in [4.78, 5) is 24.9. The minimum absolute atomic E-state index is 0.0776. The molecular formula is C18H22BrN3O3. The fraction of sp³-hybridized carbons (Fsp3) is 0.500. The van der Waals surface area contributed by atoms with Crippen molar-refractivity contribution in [1.82, 2.24) is 15.1 Å². The quantitative estimate of drug-likeness (QED) is 0.826. The van der Waals surface area contributed by atoms with Crippen LogP contribution in [0.4, 0.5) is 0 Å².